The molecule has 1 nitrogen and oxygen atoms in total. The maximum absolute atomic E-state index is 13.6. The molecule has 2 rings (SSSR count). The molecule has 1 unspecified atom stereocenters. The summed E-state index contributed by atoms with van der Waals surface area (Å²) in [5.41, 5.74) is 7.18. The Labute approximate surface area is 113 Å². The Morgan fingerprint density at radius 1 is 1.12 bits per heavy atom. The van der Waals surface area contributed by atoms with E-state index in [9.17, 15) is 4.39 Å². The van der Waals surface area contributed by atoms with Gasteiger partial charge in [-0.05, 0) is 23.8 Å². The molecule has 0 aliphatic rings. The summed E-state index contributed by atoms with van der Waals surface area (Å²) in [6.45, 7) is 0. The smallest absolute Gasteiger partial charge is 0.128 e. The number of halogens is 3. The zero-order valence-corrected chi connectivity index (χ0v) is 11.2. The van der Waals surface area contributed by atoms with Gasteiger partial charge in [0.1, 0.15) is 5.82 Å². The second kappa shape index (κ2) is 5.17. The minimum absolute atomic E-state index is 0.320. The standard InChI is InChI=1S/C13H10BrClFN/c14-8-5-6-9(11(15)7-8)13(17)10-3-1-2-4-12(10)16/h1-7,13H,17H2. The first-order valence-corrected chi connectivity index (χ1v) is 6.21. The number of rotatable bonds is 2. The van der Waals surface area contributed by atoms with Gasteiger partial charge in [-0.2, -0.15) is 0 Å². The van der Waals surface area contributed by atoms with Crippen LogP contribution in [0.3, 0.4) is 0 Å². The van der Waals surface area contributed by atoms with Gasteiger partial charge in [-0.25, -0.2) is 4.39 Å². The number of benzene rings is 2. The third-order valence-electron chi connectivity index (χ3n) is 2.54. The van der Waals surface area contributed by atoms with E-state index < -0.39 is 6.04 Å². The highest BCUT2D eigenvalue weighted by atomic mass is 79.9. The van der Waals surface area contributed by atoms with Gasteiger partial charge in [0, 0.05) is 15.1 Å². The highest BCUT2D eigenvalue weighted by Crippen LogP contribution is 2.29. The molecule has 0 saturated heterocycles. The average Bonchev–Trinajstić information content (AvgIpc) is 2.29. The van der Waals surface area contributed by atoms with Crippen LogP contribution in [0.2, 0.25) is 5.02 Å². The number of nitrogens with two attached hydrogens (primary N) is 1. The Bertz CT molecular complexity index is 545. The number of hydrogen-bond donors (Lipinski definition) is 1. The molecular formula is C13H10BrClFN. The lowest BCUT2D eigenvalue weighted by Crippen LogP contribution is -2.14. The molecule has 0 fully saturated rings. The highest BCUT2D eigenvalue weighted by Gasteiger charge is 2.15. The molecule has 2 aromatic rings. The van der Waals surface area contributed by atoms with Crippen LogP contribution >= 0.6 is 27.5 Å². The largest absolute Gasteiger partial charge is 0.320 e. The van der Waals surface area contributed by atoms with Gasteiger partial charge in [0.15, 0.2) is 0 Å². The minimum Gasteiger partial charge on any atom is -0.320 e. The van der Waals surface area contributed by atoms with Gasteiger partial charge < -0.3 is 5.73 Å². The third kappa shape index (κ3) is 2.68. The van der Waals surface area contributed by atoms with Gasteiger partial charge in [0.05, 0.1) is 6.04 Å². The molecule has 0 aliphatic heterocycles. The fraction of sp³-hybridized carbons (Fsp3) is 0.0769. The summed E-state index contributed by atoms with van der Waals surface area (Å²) in [6, 6.07) is 11.3. The van der Waals surface area contributed by atoms with Gasteiger partial charge in [-0.3, -0.25) is 0 Å². The summed E-state index contributed by atoms with van der Waals surface area (Å²) in [5, 5.41) is 0.523. The second-order valence-electron chi connectivity index (χ2n) is 3.67. The van der Waals surface area contributed by atoms with Crippen LogP contribution in [0.15, 0.2) is 46.9 Å². The van der Waals surface area contributed by atoms with Crippen LogP contribution in [0.1, 0.15) is 17.2 Å². The first-order valence-electron chi connectivity index (χ1n) is 5.04. The van der Waals surface area contributed by atoms with Gasteiger partial charge in [-0.1, -0.05) is 51.8 Å². The molecule has 0 aromatic heterocycles. The van der Waals surface area contributed by atoms with E-state index in [0.29, 0.717) is 16.1 Å². The van der Waals surface area contributed by atoms with Crippen molar-refractivity contribution in [3.8, 4) is 0 Å². The van der Waals surface area contributed by atoms with Crippen molar-refractivity contribution in [3.63, 3.8) is 0 Å². The van der Waals surface area contributed by atoms with Crippen molar-refractivity contribution in [2.45, 2.75) is 6.04 Å². The van der Waals surface area contributed by atoms with E-state index in [1.807, 2.05) is 6.07 Å². The van der Waals surface area contributed by atoms with E-state index in [2.05, 4.69) is 15.9 Å². The minimum atomic E-state index is -0.559. The Morgan fingerprint density at radius 2 is 1.82 bits per heavy atom. The Kier molecular flexibility index (Phi) is 3.82. The van der Waals surface area contributed by atoms with Gasteiger partial charge >= 0.3 is 0 Å². The second-order valence-corrected chi connectivity index (χ2v) is 4.99. The van der Waals surface area contributed by atoms with Crippen LogP contribution in [-0.4, -0.2) is 0 Å². The molecule has 1 atom stereocenters. The fourth-order valence-electron chi connectivity index (χ4n) is 1.65. The van der Waals surface area contributed by atoms with Crippen LogP contribution in [0, 0.1) is 5.82 Å². The average molecular weight is 315 g/mol. The van der Waals surface area contributed by atoms with Crippen LogP contribution in [0.25, 0.3) is 0 Å². The van der Waals surface area contributed by atoms with Crippen LogP contribution in [0.5, 0.6) is 0 Å². The van der Waals surface area contributed by atoms with Crippen molar-refractivity contribution in [1.82, 2.24) is 0 Å². The first kappa shape index (κ1) is 12.6. The molecule has 0 spiro atoms. The maximum Gasteiger partial charge on any atom is 0.128 e. The first-order chi connectivity index (χ1) is 8.09. The molecule has 0 radical (unpaired) electrons. The maximum atomic E-state index is 13.6. The third-order valence-corrected chi connectivity index (χ3v) is 3.36. The lowest BCUT2D eigenvalue weighted by Gasteiger charge is -2.15. The van der Waals surface area contributed by atoms with E-state index in [1.165, 1.54) is 6.07 Å². The predicted octanol–water partition coefficient (Wildman–Crippen LogP) is 4.29. The summed E-state index contributed by atoms with van der Waals surface area (Å²) >= 11 is 9.41. The Morgan fingerprint density at radius 3 is 2.47 bits per heavy atom. The van der Waals surface area contributed by atoms with Crippen molar-refractivity contribution < 1.29 is 4.39 Å². The highest BCUT2D eigenvalue weighted by molar-refractivity contribution is 9.10. The molecule has 0 heterocycles. The van der Waals surface area contributed by atoms with Gasteiger partial charge in [0.25, 0.3) is 0 Å². The van der Waals surface area contributed by atoms with E-state index in [4.69, 9.17) is 17.3 Å². The predicted molar refractivity (Wildman–Crippen MR) is 71.6 cm³/mol. The summed E-state index contributed by atoms with van der Waals surface area (Å²) in [6.07, 6.45) is 0. The van der Waals surface area contributed by atoms with Crippen LogP contribution < -0.4 is 5.73 Å². The SMILES string of the molecule is NC(c1ccccc1F)c1ccc(Br)cc1Cl. The molecule has 0 amide bonds. The Hall–Kier alpha value is -0.900. The van der Waals surface area contributed by atoms with E-state index in [0.717, 1.165) is 4.47 Å². The quantitative estimate of drug-likeness (QED) is 0.879. The zero-order chi connectivity index (χ0) is 12.4. The molecule has 0 bridgehead atoms. The van der Waals surface area contributed by atoms with Crippen molar-refractivity contribution >= 4 is 27.5 Å². The van der Waals surface area contributed by atoms with Crippen LogP contribution in [0.4, 0.5) is 4.39 Å². The Balaban J connectivity index is 2.44. The molecule has 0 saturated carbocycles. The van der Waals surface area contributed by atoms with Crippen molar-refractivity contribution in [2.24, 2.45) is 5.73 Å². The van der Waals surface area contributed by atoms with Crippen molar-refractivity contribution in [3.05, 3.63) is 68.9 Å². The molecule has 2 N–H and O–H groups in total. The summed E-state index contributed by atoms with van der Waals surface area (Å²) in [5.74, 6) is -0.320. The monoisotopic (exact) mass is 313 g/mol. The van der Waals surface area contributed by atoms with E-state index >= 15 is 0 Å². The molecule has 4 heteroatoms. The molecule has 2 aromatic carbocycles. The number of hydrogen-bond acceptors (Lipinski definition) is 1. The zero-order valence-electron chi connectivity index (χ0n) is 8.83. The molecular weight excluding hydrogens is 305 g/mol. The summed E-state index contributed by atoms with van der Waals surface area (Å²) in [7, 11) is 0. The van der Waals surface area contributed by atoms with Crippen molar-refractivity contribution in [1.29, 1.82) is 0 Å². The van der Waals surface area contributed by atoms with E-state index in [1.54, 1.807) is 30.3 Å². The van der Waals surface area contributed by atoms with E-state index in [-0.39, 0.29) is 5.82 Å². The summed E-state index contributed by atoms with van der Waals surface area (Å²) < 4.78 is 14.5. The van der Waals surface area contributed by atoms with Crippen molar-refractivity contribution in [2.75, 3.05) is 0 Å². The molecule has 0 aliphatic carbocycles. The van der Waals surface area contributed by atoms with Gasteiger partial charge in [-0.15, -0.1) is 0 Å². The lowest BCUT2D eigenvalue weighted by molar-refractivity contribution is 0.600. The summed E-state index contributed by atoms with van der Waals surface area (Å²) in [4.78, 5) is 0. The topological polar surface area (TPSA) is 26.0 Å². The molecule has 17 heavy (non-hydrogen) atoms. The lowest BCUT2D eigenvalue weighted by atomic mass is 9.99. The van der Waals surface area contributed by atoms with Gasteiger partial charge in [0.2, 0.25) is 0 Å². The fourth-order valence-corrected chi connectivity index (χ4v) is 2.44. The molecule has 88 valence electrons. The normalized spacial score (nSPS) is 12.5. The van der Waals surface area contributed by atoms with Crippen LogP contribution in [-0.2, 0) is 0 Å².